The molecule has 1 atom stereocenters. The van der Waals surface area contributed by atoms with Gasteiger partial charge >= 0.3 is 0 Å². The first-order valence-electron chi connectivity index (χ1n) is 9.63. The van der Waals surface area contributed by atoms with Gasteiger partial charge in [-0.3, -0.25) is 4.79 Å². The van der Waals surface area contributed by atoms with E-state index in [1.807, 2.05) is 30.1 Å². The number of anilines is 1. The van der Waals surface area contributed by atoms with Crippen molar-refractivity contribution in [2.75, 3.05) is 32.1 Å². The van der Waals surface area contributed by atoms with Crippen molar-refractivity contribution in [2.45, 2.75) is 37.5 Å². The highest BCUT2D eigenvalue weighted by Crippen LogP contribution is 2.44. The molecule has 1 unspecified atom stereocenters. The van der Waals surface area contributed by atoms with E-state index in [1.165, 1.54) is 17.7 Å². The fraction of sp³-hybridized carbons (Fsp3) is 0.476. The average Bonchev–Trinajstić information content (AvgIpc) is 3.01. The van der Waals surface area contributed by atoms with E-state index in [9.17, 15) is 9.18 Å². The molecule has 1 aliphatic heterocycles. The molecule has 148 valence electrons. The topological polar surface area (TPSA) is 49.3 Å². The molecule has 2 aromatic rings. The number of hydrogen-bond acceptors (Lipinski definition) is 4. The lowest BCUT2D eigenvalue weighted by Crippen LogP contribution is -2.48. The van der Waals surface area contributed by atoms with E-state index in [0.29, 0.717) is 23.1 Å². The molecule has 0 bridgehead atoms. The lowest BCUT2D eigenvalue weighted by atomic mass is 9.77. The molecule has 1 fully saturated rings. The SMILES string of the molecule is CN(C)c1ncc2c(n1)C1(CCCN(C(=O)Cc3ccc(F)cc3Cl)C1)CC2. The zero-order chi connectivity index (χ0) is 19.9. The van der Waals surface area contributed by atoms with Gasteiger partial charge in [0, 0.05) is 43.8 Å². The first-order chi connectivity index (χ1) is 13.4. The Bertz CT molecular complexity index is 915. The van der Waals surface area contributed by atoms with E-state index < -0.39 is 5.82 Å². The number of fused-ring (bicyclic) bond motifs is 2. The molecule has 0 radical (unpaired) electrons. The van der Waals surface area contributed by atoms with Crippen LogP contribution in [0.25, 0.3) is 0 Å². The molecule has 0 saturated carbocycles. The molecule has 2 heterocycles. The van der Waals surface area contributed by atoms with E-state index >= 15 is 0 Å². The van der Waals surface area contributed by atoms with Crippen molar-refractivity contribution in [2.24, 2.45) is 0 Å². The summed E-state index contributed by atoms with van der Waals surface area (Å²) in [4.78, 5) is 26.1. The highest BCUT2D eigenvalue weighted by atomic mass is 35.5. The summed E-state index contributed by atoms with van der Waals surface area (Å²) in [7, 11) is 3.87. The molecule has 1 aromatic heterocycles. The van der Waals surface area contributed by atoms with Gasteiger partial charge in [-0.15, -0.1) is 0 Å². The van der Waals surface area contributed by atoms with Gasteiger partial charge in [0.2, 0.25) is 11.9 Å². The highest BCUT2D eigenvalue weighted by Gasteiger charge is 2.44. The number of benzene rings is 1. The Kier molecular flexibility index (Phi) is 5.00. The molecule has 1 aliphatic carbocycles. The van der Waals surface area contributed by atoms with Crippen molar-refractivity contribution in [1.82, 2.24) is 14.9 Å². The number of amides is 1. The van der Waals surface area contributed by atoms with Crippen LogP contribution in [0.2, 0.25) is 5.02 Å². The standard InChI is InChI=1S/C21H24ClFN4O/c1-26(2)20-24-12-15-6-8-21(19(15)25-20)7-3-9-27(13-21)18(28)10-14-4-5-16(23)11-17(14)22/h4-5,11-12H,3,6-10,13H2,1-2H3. The zero-order valence-corrected chi connectivity index (χ0v) is 17.0. The third-order valence-corrected chi connectivity index (χ3v) is 6.27. The zero-order valence-electron chi connectivity index (χ0n) is 16.2. The lowest BCUT2D eigenvalue weighted by Gasteiger charge is -2.40. The predicted molar refractivity (Wildman–Crippen MR) is 107 cm³/mol. The molecular weight excluding hydrogens is 379 g/mol. The minimum absolute atomic E-state index is 0.0305. The first kappa shape index (κ1) is 19.1. The Balaban J connectivity index is 1.56. The van der Waals surface area contributed by atoms with E-state index in [-0.39, 0.29) is 17.7 Å². The van der Waals surface area contributed by atoms with Crippen LogP contribution in [-0.2, 0) is 23.1 Å². The number of aromatic nitrogens is 2. The van der Waals surface area contributed by atoms with Crippen LogP contribution in [0.3, 0.4) is 0 Å². The van der Waals surface area contributed by atoms with Gasteiger partial charge in [0.15, 0.2) is 0 Å². The number of nitrogens with zero attached hydrogens (tertiary/aromatic N) is 4. The van der Waals surface area contributed by atoms with Gasteiger partial charge in [-0.25, -0.2) is 14.4 Å². The first-order valence-corrected chi connectivity index (χ1v) is 10.0. The third-order valence-electron chi connectivity index (χ3n) is 5.91. The fourth-order valence-corrected chi connectivity index (χ4v) is 4.66. The lowest BCUT2D eigenvalue weighted by molar-refractivity contribution is -0.132. The summed E-state index contributed by atoms with van der Waals surface area (Å²) >= 11 is 6.11. The number of likely N-dealkylation sites (tertiary alicyclic amines) is 1. The molecule has 28 heavy (non-hydrogen) atoms. The van der Waals surface area contributed by atoms with Crippen molar-refractivity contribution in [1.29, 1.82) is 0 Å². The van der Waals surface area contributed by atoms with Crippen molar-refractivity contribution in [3.05, 3.63) is 52.1 Å². The minimum atomic E-state index is -0.392. The Labute approximate surface area is 169 Å². The molecule has 1 spiro atoms. The largest absolute Gasteiger partial charge is 0.347 e. The van der Waals surface area contributed by atoms with Gasteiger partial charge in [0.1, 0.15) is 5.82 Å². The second kappa shape index (κ2) is 7.32. The summed E-state index contributed by atoms with van der Waals surface area (Å²) in [5.74, 6) is 0.349. The maximum Gasteiger partial charge on any atom is 0.227 e. The van der Waals surface area contributed by atoms with Gasteiger partial charge in [-0.2, -0.15) is 0 Å². The molecule has 5 nitrogen and oxygen atoms in total. The summed E-state index contributed by atoms with van der Waals surface area (Å²) in [6.07, 6.45) is 6.05. The Morgan fingerprint density at radius 3 is 2.93 bits per heavy atom. The van der Waals surface area contributed by atoms with Crippen molar-refractivity contribution in [3.8, 4) is 0 Å². The van der Waals surface area contributed by atoms with Crippen LogP contribution in [-0.4, -0.2) is 48.0 Å². The average molecular weight is 403 g/mol. The van der Waals surface area contributed by atoms with E-state index in [2.05, 4.69) is 4.98 Å². The smallest absolute Gasteiger partial charge is 0.227 e. The molecule has 2 aliphatic rings. The number of aryl methyl sites for hydroxylation is 1. The maximum absolute atomic E-state index is 13.3. The van der Waals surface area contributed by atoms with Crippen LogP contribution < -0.4 is 4.90 Å². The van der Waals surface area contributed by atoms with Gasteiger partial charge in [-0.1, -0.05) is 17.7 Å². The Morgan fingerprint density at radius 2 is 2.18 bits per heavy atom. The number of carbonyl (C=O) groups excluding carboxylic acids is 1. The molecule has 4 rings (SSSR count). The van der Waals surface area contributed by atoms with Crippen LogP contribution >= 0.6 is 11.6 Å². The summed E-state index contributed by atoms with van der Waals surface area (Å²) in [5, 5.41) is 0.301. The number of hydrogen-bond donors (Lipinski definition) is 0. The second-order valence-corrected chi connectivity index (χ2v) is 8.46. The Morgan fingerprint density at radius 1 is 1.36 bits per heavy atom. The molecule has 0 N–H and O–H groups in total. The monoisotopic (exact) mass is 402 g/mol. The molecule has 7 heteroatoms. The van der Waals surface area contributed by atoms with Crippen LogP contribution in [0.5, 0.6) is 0 Å². The van der Waals surface area contributed by atoms with Crippen molar-refractivity contribution < 1.29 is 9.18 Å². The molecule has 1 saturated heterocycles. The van der Waals surface area contributed by atoms with Crippen LogP contribution in [0.4, 0.5) is 10.3 Å². The predicted octanol–water partition coefficient (Wildman–Crippen LogP) is 3.38. The van der Waals surface area contributed by atoms with Crippen molar-refractivity contribution in [3.63, 3.8) is 0 Å². The number of carbonyl (C=O) groups is 1. The van der Waals surface area contributed by atoms with E-state index in [0.717, 1.165) is 37.9 Å². The molecule has 1 aromatic carbocycles. The van der Waals surface area contributed by atoms with Gasteiger partial charge in [0.25, 0.3) is 0 Å². The minimum Gasteiger partial charge on any atom is -0.347 e. The highest BCUT2D eigenvalue weighted by molar-refractivity contribution is 6.31. The summed E-state index contributed by atoms with van der Waals surface area (Å²) in [6, 6.07) is 4.20. The number of rotatable bonds is 3. The summed E-state index contributed by atoms with van der Waals surface area (Å²) in [5.41, 5.74) is 2.87. The number of piperidine rings is 1. The normalized spacial score (nSPS) is 21.1. The number of halogens is 2. The second-order valence-electron chi connectivity index (χ2n) is 8.05. The maximum atomic E-state index is 13.3. The van der Waals surface area contributed by atoms with E-state index in [4.69, 9.17) is 16.6 Å². The van der Waals surface area contributed by atoms with Crippen molar-refractivity contribution >= 4 is 23.5 Å². The van der Waals surface area contributed by atoms with E-state index in [1.54, 1.807) is 6.07 Å². The quantitative estimate of drug-likeness (QED) is 0.789. The Hall–Kier alpha value is -2.21. The van der Waals surface area contributed by atoms with Gasteiger partial charge in [0.05, 0.1) is 12.1 Å². The summed E-state index contributed by atoms with van der Waals surface area (Å²) < 4.78 is 13.3. The van der Waals surface area contributed by atoms with Gasteiger partial charge in [-0.05, 0) is 48.9 Å². The molecular formula is C21H24ClFN4O. The summed E-state index contributed by atoms with van der Waals surface area (Å²) in [6.45, 7) is 1.40. The van der Waals surface area contributed by atoms with Crippen LogP contribution in [0.1, 0.15) is 36.1 Å². The third kappa shape index (κ3) is 3.46. The van der Waals surface area contributed by atoms with Gasteiger partial charge < -0.3 is 9.80 Å². The van der Waals surface area contributed by atoms with Crippen LogP contribution in [0.15, 0.2) is 24.4 Å². The molecule has 1 amide bonds. The fourth-order valence-electron chi connectivity index (χ4n) is 4.43. The van der Waals surface area contributed by atoms with Crippen LogP contribution in [0, 0.1) is 5.82 Å².